The predicted octanol–water partition coefficient (Wildman–Crippen LogP) is 5.47. The lowest BCUT2D eigenvalue weighted by atomic mass is 9.98. The first kappa shape index (κ1) is 25.1. The Morgan fingerprint density at radius 3 is 2.11 bits per heavy atom. The topological polar surface area (TPSA) is 146 Å². The molecule has 11 heteroatoms. The third kappa shape index (κ3) is 4.88. The van der Waals surface area contributed by atoms with E-state index >= 15 is 0 Å². The highest BCUT2D eigenvalue weighted by atomic mass is 32.2. The van der Waals surface area contributed by atoms with Gasteiger partial charge in [0.1, 0.15) is 0 Å². The van der Waals surface area contributed by atoms with E-state index in [1.807, 2.05) is 13.8 Å². The van der Waals surface area contributed by atoms with Crippen LogP contribution in [0.3, 0.4) is 0 Å². The molecule has 36 heavy (non-hydrogen) atoms. The summed E-state index contributed by atoms with van der Waals surface area (Å²) in [5.74, 6) is -2.75. The van der Waals surface area contributed by atoms with Crippen molar-refractivity contribution in [3.8, 4) is 0 Å². The second-order valence-corrected chi connectivity index (χ2v) is 11.1. The third-order valence-corrected chi connectivity index (χ3v) is 8.25. The molecule has 0 spiro atoms. The molecular formula is C25H23N3O6S2. The van der Waals surface area contributed by atoms with E-state index in [0.717, 1.165) is 35.0 Å². The van der Waals surface area contributed by atoms with Gasteiger partial charge in [-0.25, -0.2) is 23.0 Å². The lowest BCUT2D eigenvalue weighted by molar-refractivity contribution is 0.0696. The van der Waals surface area contributed by atoms with Crippen LogP contribution in [0.1, 0.15) is 43.0 Å². The minimum Gasteiger partial charge on any atom is -0.478 e. The number of nitrogens with one attached hydrogen (secondary N) is 2. The van der Waals surface area contributed by atoms with Crippen molar-refractivity contribution in [3.63, 3.8) is 0 Å². The minimum absolute atomic E-state index is 0.0682. The summed E-state index contributed by atoms with van der Waals surface area (Å²) in [5, 5.41) is 22.5. The van der Waals surface area contributed by atoms with Crippen LogP contribution in [0.5, 0.6) is 0 Å². The lowest BCUT2D eigenvalue weighted by Crippen LogP contribution is -2.14. The number of fused-ring (bicyclic) bond motifs is 1. The van der Waals surface area contributed by atoms with E-state index in [-0.39, 0.29) is 21.7 Å². The summed E-state index contributed by atoms with van der Waals surface area (Å²) in [7, 11) is -4.14. The standard InChI is InChI=1S/C25H23N3O6S2/c1-12-7-13(2)22(15(4)14(12)3)27-25-26-20-6-5-19(11-21(20)35-25)36(33,34)28-18-9-16(23(29)30)8-17(10-18)24(31)32/h5-11,28H,1-4H3,(H,26,27)(H,29,30)(H,31,32). The fourth-order valence-corrected chi connectivity index (χ4v) is 5.91. The Hall–Kier alpha value is -3.96. The zero-order valence-corrected chi connectivity index (χ0v) is 21.5. The van der Waals surface area contributed by atoms with E-state index in [4.69, 9.17) is 0 Å². The van der Waals surface area contributed by atoms with E-state index in [1.54, 1.807) is 6.07 Å². The molecule has 4 rings (SSSR count). The van der Waals surface area contributed by atoms with Gasteiger partial charge in [-0.2, -0.15) is 0 Å². The van der Waals surface area contributed by atoms with Crippen LogP contribution in [0.4, 0.5) is 16.5 Å². The molecular weight excluding hydrogens is 502 g/mol. The number of aromatic nitrogens is 1. The molecule has 0 aliphatic rings. The van der Waals surface area contributed by atoms with Crippen LogP contribution in [0.2, 0.25) is 0 Å². The van der Waals surface area contributed by atoms with Gasteiger partial charge < -0.3 is 15.5 Å². The van der Waals surface area contributed by atoms with E-state index < -0.39 is 22.0 Å². The number of hydrogen-bond acceptors (Lipinski definition) is 7. The molecule has 0 atom stereocenters. The summed E-state index contributed by atoms with van der Waals surface area (Å²) in [6.45, 7) is 8.17. The Morgan fingerprint density at radius 2 is 1.50 bits per heavy atom. The molecule has 0 aliphatic heterocycles. The summed E-state index contributed by atoms with van der Waals surface area (Å²) in [6, 6.07) is 9.63. The van der Waals surface area contributed by atoms with Crippen molar-refractivity contribution in [2.45, 2.75) is 32.6 Å². The van der Waals surface area contributed by atoms with E-state index in [9.17, 15) is 28.2 Å². The monoisotopic (exact) mass is 525 g/mol. The number of carbonyl (C=O) groups is 2. The van der Waals surface area contributed by atoms with E-state index in [2.05, 4.69) is 34.9 Å². The van der Waals surface area contributed by atoms with Crippen LogP contribution in [-0.4, -0.2) is 35.6 Å². The number of aromatic carboxylic acids is 2. The molecule has 0 aliphatic carbocycles. The highest BCUT2D eigenvalue weighted by Gasteiger charge is 2.19. The number of hydrogen-bond donors (Lipinski definition) is 4. The zero-order valence-electron chi connectivity index (χ0n) is 19.8. The SMILES string of the molecule is Cc1cc(C)c(Nc2nc3ccc(S(=O)(=O)Nc4cc(C(=O)O)cc(C(=O)O)c4)cc3s2)c(C)c1C. The highest BCUT2D eigenvalue weighted by Crippen LogP contribution is 2.34. The number of aryl methyl sites for hydroxylation is 2. The van der Waals surface area contributed by atoms with Gasteiger partial charge in [-0.1, -0.05) is 17.4 Å². The highest BCUT2D eigenvalue weighted by molar-refractivity contribution is 7.92. The van der Waals surface area contributed by atoms with Crippen molar-refractivity contribution in [2.24, 2.45) is 0 Å². The zero-order chi connectivity index (χ0) is 26.4. The largest absolute Gasteiger partial charge is 0.478 e. The quantitative estimate of drug-likeness (QED) is 0.248. The van der Waals surface area contributed by atoms with Gasteiger partial charge in [-0.05, 0) is 86.3 Å². The van der Waals surface area contributed by atoms with Gasteiger partial charge >= 0.3 is 11.9 Å². The van der Waals surface area contributed by atoms with Crippen LogP contribution in [-0.2, 0) is 10.0 Å². The molecule has 0 unspecified atom stereocenters. The van der Waals surface area contributed by atoms with Gasteiger partial charge in [-0.15, -0.1) is 0 Å². The molecule has 1 aromatic heterocycles. The molecule has 4 aromatic rings. The van der Waals surface area contributed by atoms with Gasteiger partial charge in [-0.3, -0.25) is 4.72 Å². The second kappa shape index (κ2) is 9.25. The Morgan fingerprint density at radius 1 is 0.861 bits per heavy atom. The Kier molecular flexibility index (Phi) is 6.46. The first-order valence-corrected chi connectivity index (χ1v) is 13.0. The number of sulfonamides is 1. The van der Waals surface area contributed by atoms with Gasteiger partial charge in [0.2, 0.25) is 0 Å². The number of nitrogens with zero attached hydrogens (tertiary/aromatic N) is 1. The second-order valence-electron chi connectivity index (χ2n) is 8.42. The molecule has 0 saturated carbocycles. The smallest absolute Gasteiger partial charge is 0.335 e. The maximum Gasteiger partial charge on any atom is 0.335 e. The van der Waals surface area contributed by atoms with Gasteiger partial charge in [0.05, 0.1) is 31.9 Å². The Bertz CT molecular complexity index is 1630. The maximum absolute atomic E-state index is 13.0. The average Bonchev–Trinajstić information content (AvgIpc) is 3.21. The number of carboxylic acid groups (broad SMARTS) is 2. The normalized spacial score (nSPS) is 11.4. The first-order chi connectivity index (χ1) is 16.9. The van der Waals surface area contributed by atoms with Crippen molar-refractivity contribution in [1.29, 1.82) is 0 Å². The van der Waals surface area contributed by atoms with Crippen LogP contribution >= 0.6 is 11.3 Å². The van der Waals surface area contributed by atoms with Crippen LogP contribution < -0.4 is 10.0 Å². The number of benzene rings is 3. The number of rotatable bonds is 7. The van der Waals surface area contributed by atoms with Crippen molar-refractivity contribution in [2.75, 3.05) is 10.0 Å². The van der Waals surface area contributed by atoms with Crippen molar-refractivity contribution in [3.05, 3.63) is 75.8 Å². The number of anilines is 3. The minimum atomic E-state index is -4.14. The molecule has 0 amide bonds. The summed E-state index contributed by atoms with van der Waals surface area (Å²) < 4.78 is 29.0. The number of thiazole rings is 1. The summed E-state index contributed by atoms with van der Waals surface area (Å²) in [4.78, 5) is 27.2. The number of carboxylic acids is 2. The van der Waals surface area contributed by atoms with Crippen LogP contribution in [0.25, 0.3) is 10.2 Å². The average molecular weight is 526 g/mol. The molecule has 0 radical (unpaired) electrons. The third-order valence-electron chi connectivity index (χ3n) is 5.94. The molecule has 0 saturated heterocycles. The van der Waals surface area contributed by atoms with E-state index in [1.165, 1.54) is 34.6 Å². The van der Waals surface area contributed by atoms with Crippen LogP contribution in [0.15, 0.2) is 47.4 Å². The summed E-state index contributed by atoms with van der Waals surface area (Å²) in [5.41, 5.74) is 5.28. The molecule has 0 bridgehead atoms. The molecule has 1 heterocycles. The van der Waals surface area contributed by atoms with Gasteiger partial charge in [0.15, 0.2) is 5.13 Å². The Balaban J connectivity index is 1.66. The van der Waals surface area contributed by atoms with Crippen LogP contribution in [0, 0.1) is 27.7 Å². The van der Waals surface area contributed by atoms with Crippen molar-refractivity contribution >= 4 is 60.0 Å². The first-order valence-electron chi connectivity index (χ1n) is 10.7. The van der Waals surface area contributed by atoms with Crippen molar-refractivity contribution < 1.29 is 28.2 Å². The fraction of sp³-hybridized carbons (Fsp3) is 0.160. The van der Waals surface area contributed by atoms with E-state index in [0.29, 0.717) is 15.3 Å². The Labute approximate surface area is 211 Å². The van der Waals surface area contributed by atoms with Crippen molar-refractivity contribution in [1.82, 2.24) is 4.98 Å². The molecule has 4 N–H and O–H groups in total. The van der Waals surface area contributed by atoms with Gasteiger partial charge in [0, 0.05) is 5.69 Å². The maximum atomic E-state index is 13.0. The van der Waals surface area contributed by atoms with Gasteiger partial charge in [0.25, 0.3) is 10.0 Å². The summed E-state index contributed by atoms with van der Waals surface area (Å²) >= 11 is 1.30. The summed E-state index contributed by atoms with van der Waals surface area (Å²) in [6.07, 6.45) is 0. The predicted molar refractivity (Wildman–Crippen MR) is 139 cm³/mol. The fourth-order valence-electron chi connectivity index (χ4n) is 3.86. The molecule has 3 aromatic carbocycles. The lowest BCUT2D eigenvalue weighted by Gasteiger charge is -2.15. The molecule has 0 fully saturated rings. The molecule has 9 nitrogen and oxygen atoms in total. The molecule has 186 valence electrons.